The lowest BCUT2D eigenvalue weighted by Crippen LogP contribution is -2.44. The Labute approximate surface area is 207 Å². The number of aromatic hydroxyl groups is 1. The maximum atomic E-state index is 13.6. The molecular weight excluding hydrogens is 440 g/mol. The van der Waals surface area contributed by atoms with Crippen LogP contribution >= 0.6 is 0 Å². The third-order valence-electron chi connectivity index (χ3n) is 7.04. The number of allylic oxidation sites excluding steroid dienone is 3. The highest BCUT2D eigenvalue weighted by Gasteiger charge is 2.48. The Morgan fingerprint density at radius 3 is 2.54 bits per heavy atom. The van der Waals surface area contributed by atoms with Gasteiger partial charge >= 0.3 is 5.97 Å². The number of carbonyl (C=O) groups excluding carboxylic acids is 2. The number of cyclic esters (lactones) is 1. The third-order valence-corrected chi connectivity index (χ3v) is 7.04. The van der Waals surface area contributed by atoms with Crippen LogP contribution in [0.3, 0.4) is 0 Å². The molecule has 1 heterocycles. The van der Waals surface area contributed by atoms with Crippen molar-refractivity contribution in [1.29, 1.82) is 0 Å². The first kappa shape index (κ1) is 24.8. The third kappa shape index (κ3) is 4.64. The highest BCUT2D eigenvalue weighted by molar-refractivity contribution is 5.97. The summed E-state index contributed by atoms with van der Waals surface area (Å²) in [5.74, 6) is -2.02. The topological polar surface area (TPSA) is 72.8 Å². The molecule has 2 aromatic carbocycles. The second kappa shape index (κ2) is 9.73. The highest BCUT2D eigenvalue weighted by atomic mass is 16.7. The number of rotatable bonds is 7. The molecule has 5 nitrogen and oxygen atoms in total. The summed E-state index contributed by atoms with van der Waals surface area (Å²) in [6.07, 6.45) is 5.23. The summed E-state index contributed by atoms with van der Waals surface area (Å²) in [5, 5.41) is 11.4. The zero-order valence-electron chi connectivity index (χ0n) is 21.0. The number of phenols is 1. The summed E-state index contributed by atoms with van der Waals surface area (Å²) in [5.41, 5.74) is 4.39. The van der Waals surface area contributed by atoms with E-state index in [1.807, 2.05) is 32.0 Å². The van der Waals surface area contributed by atoms with Crippen molar-refractivity contribution in [2.24, 2.45) is 5.92 Å². The van der Waals surface area contributed by atoms with Crippen LogP contribution in [0.4, 0.5) is 0 Å². The average molecular weight is 475 g/mol. The van der Waals surface area contributed by atoms with Gasteiger partial charge in [0.2, 0.25) is 0 Å². The van der Waals surface area contributed by atoms with Crippen molar-refractivity contribution in [2.45, 2.75) is 71.5 Å². The number of hydrogen-bond donors (Lipinski definition) is 1. The van der Waals surface area contributed by atoms with Gasteiger partial charge in [-0.15, -0.1) is 0 Å². The number of ether oxygens (including phenoxy) is 2. The van der Waals surface area contributed by atoms with Gasteiger partial charge in [-0.2, -0.15) is 0 Å². The minimum absolute atomic E-state index is 0.0891. The maximum absolute atomic E-state index is 13.6. The van der Waals surface area contributed by atoms with Gasteiger partial charge in [0, 0.05) is 17.0 Å². The second-order valence-corrected chi connectivity index (χ2v) is 9.94. The molecule has 0 radical (unpaired) electrons. The largest absolute Gasteiger partial charge is 0.507 e. The molecule has 0 amide bonds. The van der Waals surface area contributed by atoms with Gasteiger partial charge in [-0.25, -0.2) is 4.79 Å². The van der Waals surface area contributed by atoms with Crippen LogP contribution in [0.2, 0.25) is 0 Å². The summed E-state index contributed by atoms with van der Waals surface area (Å²) in [6.45, 7) is 11.8. The van der Waals surface area contributed by atoms with Crippen LogP contribution in [-0.2, 0) is 21.7 Å². The van der Waals surface area contributed by atoms with E-state index in [0.29, 0.717) is 34.4 Å². The Kier molecular flexibility index (Phi) is 6.88. The second-order valence-electron chi connectivity index (χ2n) is 9.94. The molecular formula is C30H34O5. The summed E-state index contributed by atoms with van der Waals surface area (Å²) in [6, 6.07) is 10.7. The number of benzene rings is 2. The van der Waals surface area contributed by atoms with Gasteiger partial charge in [0.1, 0.15) is 22.8 Å². The first-order chi connectivity index (χ1) is 16.7. The van der Waals surface area contributed by atoms with Crippen molar-refractivity contribution in [2.75, 3.05) is 0 Å². The lowest BCUT2D eigenvalue weighted by atomic mass is 9.73. The molecule has 1 N–H and O–H groups in total. The van der Waals surface area contributed by atoms with E-state index in [1.165, 1.54) is 12.5 Å². The number of ketones is 1. The number of esters is 1. The number of aryl methyl sites for hydroxylation is 1. The fourth-order valence-corrected chi connectivity index (χ4v) is 5.43. The van der Waals surface area contributed by atoms with Gasteiger partial charge in [-0.1, -0.05) is 67.5 Å². The summed E-state index contributed by atoms with van der Waals surface area (Å²) in [4.78, 5) is 26.0. The van der Waals surface area contributed by atoms with Crippen LogP contribution in [0.5, 0.6) is 11.5 Å². The lowest BCUT2D eigenvalue weighted by Gasteiger charge is -2.40. The molecule has 5 heteroatoms. The Morgan fingerprint density at radius 1 is 1.20 bits per heavy atom. The van der Waals surface area contributed by atoms with Crippen LogP contribution in [-0.4, -0.2) is 16.9 Å². The zero-order valence-corrected chi connectivity index (χ0v) is 21.0. The van der Waals surface area contributed by atoms with Crippen molar-refractivity contribution in [3.8, 4) is 11.5 Å². The van der Waals surface area contributed by atoms with Gasteiger partial charge in [0.15, 0.2) is 0 Å². The van der Waals surface area contributed by atoms with E-state index in [4.69, 9.17) is 9.47 Å². The van der Waals surface area contributed by atoms with E-state index in [-0.39, 0.29) is 29.8 Å². The minimum atomic E-state index is -1.60. The predicted octanol–water partition coefficient (Wildman–Crippen LogP) is 6.74. The van der Waals surface area contributed by atoms with Crippen LogP contribution in [0.1, 0.15) is 86.3 Å². The molecule has 1 aliphatic carbocycles. The first-order valence-electron chi connectivity index (χ1n) is 12.4. The fourth-order valence-electron chi connectivity index (χ4n) is 5.43. The molecule has 0 bridgehead atoms. The molecule has 3 unspecified atom stereocenters. The lowest BCUT2D eigenvalue weighted by molar-refractivity contribution is -0.172. The molecule has 0 saturated carbocycles. The standard InChI is InChI=1S/C30H34O5/c1-6-10-21-16-25(32)27(24-15-19(4)13-14-23(24)18(2)3)28-26(21)29(33)35-30(34-28,17-20(5)31)22-11-8-7-9-12-22/h7-9,11-12,15-16,23-24,32H,2,6,10,13-14,17H2,1,3-5H3. The van der Waals surface area contributed by atoms with Crippen molar-refractivity contribution in [1.82, 2.24) is 0 Å². The van der Waals surface area contributed by atoms with Gasteiger partial charge in [-0.3, -0.25) is 4.79 Å². The van der Waals surface area contributed by atoms with Crippen LogP contribution in [0, 0.1) is 5.92 Å². The van der Waals surface area contributed by atoms with E-state index in [9.17, 15) is 14.7 Å². The molecule has 0 saturated heterocycles. The van der Waals surface area contributed by atoms with Crippen molar-refractivity contribution < 1.29 is 24.2 Å². The van der Waals surface area contributed by atoms with Crippen LogP contribution < -0.4 is 4.74 Å². The fraction of sp³-hybridized carbons (Fsp3) is 0.400. The normalized spacial score (nSPS) is 23.5. The first-order valence-corrected chi connectivity index (χ1v) is 12.4. The van der Waals surface area contributed by atoms with Crippen LogP contribution in [0.25, 0.3) is 0 Å². The molecule has 4 rings (SSSR count). The molecule has 2 aliphatic rings. The molecule has 35 heavy (non-hydrogen) atoms. The van der Waals surface area contributed by atoms with E-state index in [2.05, 4.69) is 19.6 Å². The number of fused-ring (bicyclic) bond motifs is 1. The van der Waals surface area contributed by atoms with E-state index >= 15 is 0 Å². The average Bonchev–Trinajstić information content (AvgIpc) is 2.79. The van der Waals surface area contributed by atoms with Gasteiger partial charge in [-0.05, 0) is 57.6 Å². The maximum Gasteiger partial charge on any atom is 0.345 e. The van der Waals surface area contributed by atoms with Gasteiger partial charge in [0.05, 0.1) is 6.42 Å². The van der Waals surface area contributed by atoms with Crippen molar-refractivity contribution >= 4 is 11.8 Å². The number of carbonyl (C=O) groups is 2. The van der Waals surface area contributed by atoms with Crippen LogP contribution in [0.15, 0.2) is 60.2 Å². The molecule has 3 atom stereocenters. The number of phenolic OH excluding ortho intramolecular Hbond substituents is 1. The van der Waals surface area contributed by atoms with Crippen molar-refractivity contribution in [3.63, 3.8) is 0 Å². The number of hydrogen-bond acceptors (Lipinski definition) is 5. The SMILES string of the molecule is C=C(C)C1CCC(C)=CC1c1c(O)cc(CCC)c2c1OC(CC(C)=O)(c1ccccc1)OC2=O. The predicted molar refractivity (Wildman–Crippen MR) is 136 cm³/mol. The Bertz CT molecular complexity index is 1190. The van der Waals surface area contributed by atoms with E-state index in [1.54, 1.807) is 18.2 Å². The summed E-state index contributed by atoms with van der Waals surface area (Å²) >= 11 is 0. The summed E-state index contributed by atoms with van der Waals surface area (Å²) in [7, 11) is 0. The quantitative estimate of drug-likeness (QED) is 0.355. The Hall–Kier alpha value is -3.34. The summed E-state index contributed by atoms with van der Waals surface area (Å²) < 4.78 is 12.6. The molecule has 0 fully saturated rings. The highest BCUT2D eigenvalue weighted by Crippen LogP contribution is 2.52. The van der Waals surface area contributed by atoms with E-state index < -0.39 is 11.8 Å². The monoisotopic (exact) mass is 474 g/mol. The van der Waals surface area contributed by atoms with E-state index in [0.717, 1.165) is 24.8 Å². The minimum Gasteiger partial charge on any atom is -0.507 e. The molecule has 2 aromatic rings. The molecule has 184 valence electrons. The zero-order chi connectivity index (χ0) is 25.3. The van der Waals surface area contributed by atoms with Gasteiger partial charge < -0.3 is 14.6 Å². The van der Waals surface area contributed by atoms with Crippen molar-refractivity contribution in [3.05, 3.63) is 82.5 Å². The molecule has 1 aliphatic heterocycles. The number of Topliss-reactive ketones (excluding diaryl/α,β-unsaturated/α-hetero) is 1. The Morgan fingerprint density at radius 2 is 1.91 bits per heavy atom. The Balaban J connectivity index is 2.00. The molecule has 0 spiro atoms. The smallest absolute Gasteiger partial charge is 0.345 e. The van der Waals surface area contributed by atoms with Gasteiger partial charge in [0.25, 0.3) is 5.79 Å². The molecule has 0 aromatic heterocycles.